The number of aliphatic hydroxyl groups is 1. The number of halogens is 3. The summed E-state index contributed by atoms with van der Waals surface area (Å²) in [5, 5.41) is 20.0. The second-order valence-electron chi connectivity index (χ2n) is 11.5. The Labute approximate surface area is 266 Å². The first-order valence-electron chi connectivity index (χ1n) is 14.8. The highest BCUT2D eigenvalue weighted by atomic mass is 19.4. The SMILES string of the molecule is COCOc1cc(OCC(F)(F)F)cc(C=CC[C@@H]2OC(C)(C)O[C@@H]2C(CC[C@@H](C)[C@H](C)O)OC(=O)c2ccccc2)c1C(=O)O. The van der Waals surface area contributed by atoms with Crippen LogP contribution in [0.4, 0.5) is 13.2 Å². The number of hydrogen-bond donors (Lipinski definition) is 2. The Hall–Kier alpha value is -3.65. The number of carboxylic acid groups (broad SMARTS) is 1. The van der Waals surface area contributed by atoms with Crippen LogP contribution in [0.2, 0.25) is 0 Å². The van der Waals surface area contributed by atoms with Gasteiger partial charge in [0.05, 0.1) is 17.8 Å². The number of esters is 1. The molecule has 0 bridgehead atoms. The molecule has 1 aliphatic heterocycles. The number of carbonyl (C=O) groups excluding carboxylic acids is 1. The molecule has 2 N–H and O–H groups in total. The van der Waals surface area contributed by atoms with Crippen LogP contribution < -0.4 is 9.47 Å². The first-order valence-corrected chi connectivity index (χ1v) is 14.8. The summed E-state index contributed by atoms with van der Waals surface area (Å²) in [7, 11) is 1.31. The van der Waals surface area contributed by atoms with Crippen molar-refractivity contribution in [2.24, 2.45) is 5.92 Å². The van der Waals surface area contributed by atoms with E-state index in [1.807, 2.05) is 6.92 Å². The van der Waals surface area contributed by atoms with E-state index in [1.54, 1.807) is 57.2 Å². The van der Waals surface area contributed by atoms with Gasteiger partial charge in [-0.3, -0.25) is 0 Å². The summed E-state index contributed by atoms with van der Waals surface area (Å²) in [6, 6.07) is 10.7. The summed E-state index contributed by atoms with van der Waals surface area (Å²) in [5.74, 6) is -3.59. The number of aliphatic hydroxyl groups excluding tert-OH is 1. The van der Waals surface area contributed by atoms with Gasteiger partial charge in [-0.15, -0.1) is 0 Å². The highest BCUT2D eigenvalue weighted by Gasteiger charge is 2.46. The second kappa shape index (κ2) is 16.3. The summed E-state index contributed by atoms with van der Waals surface area (Å²) in [6.07, 6.45) is -3.35. The number of aromatic carboxylic acids is 1. The van der Waals surface area contributed by atoms with Gasteiger partial charge in [-0.2, -0.15) is 13.2 Å². The Kier molecular flexibility index (Phi) is 13.0. The molecular weight excluding hydrogens is 613 g/mol. The number of carbonyl (C=O) groups is 2. The molecule has 0 amide bonds. The Balaban J connectivity index is 1.91. The van der Waals surface area contributed by atoms with Gasteiger partial charge < -0.3 is 38.6 Å². The molecule has 2 aromatic rings. The average Bonchev–Trinajstić information content (AvgIpc) is 3.30. The van der Waals surface area contributed by atoms with Gasteiger partial charge in [-0.25, -0.2) is 9.59 Å². The fourth-order valence-corrected chi connectivity index (χ4v) is 4.88. The van der Waals surface area contributed by atoms with Crippen molar-refractivity contribution < 1.29 is 61.4 Å². The molecule has 46 heavy (non-hydrogen) atoms. The summed E-state index contributed by atoms with van der Waals surface area (Å²) in [5.41, 5.74) is 0.0618. The van der Waals surface area contributed by atoms with Crippen LogP contribution in [0, 0.1) is 5.92 Å². The molecule has 0 aromatic heterocycles. The molecular formula is C33H41F3O10. The largest absolute Gasteiger partial charge is 0.484 e. The van der Waals surface area contributed by atoms with Crippen LogP contribution in [0.25, 0.3) is 6.08 Å². The number of ether oxygens (including phenoxy) is 6. The Morgan fingerprint density at radius 2 is 1.76 bits per heavy atom. The molecule has 254 valence electrons. The summed E-state index contributed by atoms with van der Waals surface area (Å²) >= 11 is 0. The Morgan fingerprint density at radius 3 is 2.37 bits per heavy atom. The van der Waals surface area contributed by atoms with Crippen LogP contribution in [-0.4, -0.2) is 79.0 Å². The lowest BCUT2D eigenvalue weighted by Gasteiger charge is -2.28. The van der Waals surface area contributed by atoms with Gasteiger partial charge in [0, 0.05) is 13.2 Å². The minimum Gasteiger partial charge on any atom is -0.484 e. The molecule has 0 saturated carbocycles. The third-order valence-electron chi connectivity index (χ3n) is 7.31. The van der Waals surface area contributed by atoms with E-state index in [1.165, 1.54) is 19.3 Å². The molecule has 2 aromatic carbocycles. The minimum atomic E-state index is -4.62. The van der Waals surface area contributed by atoms with Crippen molar-refractivity contribution >= 4 is 18.0 Å². The van der Waals surface area contributed by atoms with Gasteiger partial charge >= 0.3 is 18.1 Å². The lowest BCUT2D eigenvalue weighted by Crippen LogP contribution is -2.39. The smallest absolute Gasteiger partial charge is 0.422 e. The maximum atomic E-state index is 13.1. The standard InChI is InChI=1S/C33H41F3O10/c1-20(21(2)37)14-15-25(44-31(40)22-10-7-6-8-11-22)29-26(45-32(3,4)46-29)13-9-12-23-16-24(42-18-33(34,35)36)17-27(43-19-41-5)28(23)30(38)39/h6-12,16-17,20-21,25-26,29,37H,13-15,18-19H2,1-5H3,(H,38,39)/t20-,21+,25?,26+,29-/m1/s1. The minimum absolute atomic E-state index is 0.0193. The maximum Gasteiger partial charge on any atom is 0.422 e. The predicted molar refractivity (Wildman–Crippen MR) is 161 cm³/mol. The molecule has 13 heteroatoms. The van der Waals surface area contributed by atoms with Gasteiger partial charge in [0.2, 0.25) is 0 Å². The summed E-state index contributed by atoms with van der Waals surface area (Å²) in [6.45, 7) is 5.04. The van der Waals surface area contributed by atoms with Crippen LogP contribution in [0.5, 0.6) is 11.5 Å². The van der Waals surface area contributed by atoms with Crippen molar-refractivity contribution in [2.45, 2.75) is 83.3 Å². The van der Waals surface area contributed by atoms with Crippen LogP contribution in [0.3, 0.4) is 0 Å². The summed E-state index contributed by atoms with van der Waals surface area (Å²) < 4.78 is 71.9. The number of hydrogen-bond acceptors (Lipinski definition) is 9. The number of rotatable bonds is 16. The van der Waals surface area contributed by atoms with E-state index < -0.39 is 54.9 Å². The van der Waals surface area contributed by atoms with E-state index in [9.17, 15) is 33.0 Å². The fraction of sp³-hybridized carbons (Fsp3) is 0.515. The molecule has 0 spiro atoms. The molecule has 1 unspecified atom stereocenters. The molecule has 1 aliphatic rings. The van der Waals surface area contributed by atoms with E-state index in [-0.39, 0.29) is 41.8 Å². The number of carboxylic acids is 1. The highest BCUT2D eigenvalue weighted by molar-refractivity contribution is 5.95. The third-order valence-corrected chi connectivity index (χ3v) is 7.31. The van der Waals surface area contributed by atoms with Crippen molar-refractivity contribution in [3.8, 4) is 11.5 Å². The molecule has 1 fully saturated rings. The molecule has 10 nitrogen and oxygen atoms in total. The monoisotopic (exact) mass is 654 g/mol. The van der Waals surface area contributed by atoms with Gasteiger partial charge in [0.15, 0.2) is 19.2 Å². The second-order valence-corrected chi connectivity index (χ2v) is 11.5. The van der Waals surface area contributed by atoms with E-state index in [0.717, 1.165) is 6.07 Å². The van der Waals surface area contributed by atoms with Gasteiger partial charge in [-0.1, -0.05) is 37.3 Å². The van der Waals surface area contributed by atoms with Crippen LogP contribution in [0.15, 0.2) is 48.5 Å². The Bertz CT molecular complexity index is 1330. The van der Waals surface area contributed by atoms with E-state index >= 15 is 0 Å². The topological polar surface area (TPSA) is 130 Å². The van der Waals surface area contributed by atoms with Crippen LogP contribution in [0.1, 0.15) is 73.2 Å². The summed E-state index contributed by atoms with van der Waals surface area (Å²) in [4.78, 5) is 25.3. The van der Waals surface area contributed by atoms with Crippen molar-refractivity contribution in [3.05, 3.63) is 65.2 Å². The van der Waals surface area contributed by atoms with Crippen molar-refractivity contribution in [1.29, 1.82) is 0 Å². The Morgan fingerprint density at radius 1 is 1.07 bits per heavy atom. The molecule has 5 atom stereocenters. The molecule has 3 rings (SSSR count). The first kappa shape index (κ1) is 36.8. The molecule has 0 aliphatic carbocycles. The fourth-order valence-electron chi connectivity index (χ4n) is 4.88. The van der Waals surface area contributed by atoms with Crippen molar-refractivity contribution in [3.63, 3.8) is 0 Å². The van der Waals surface area contributed by atoms with Crippen LogP contribution >= 0.6 is 0 Å². The average molecular weight is 655 g/mol. The zero-order chi connectivity index (χ0) is 34.1. The number of alkyl halides is 3. The highest BCUT2D eigenvalue weighted by Crippen LogP contribution is 2.36. The van der Waals surface area contributed by atoms with E-state index in [2.05, 4.69) is 0 Å². The van der Waals surface area contributed by atoms with Gasteiger partial charge in [0.25, 0.3) is 0 Å². The zero-order valence-corrected chi connectivity index (χ0v) is 26.4. The van der Waals surface area contributed by atoms with Gasteiger partial charge in [-0.05, 0) is 69.7 Å². The molecule has 1 heterocycles. The van der Waals surface area contributed by atoms with Crippen LogP contribution in [-0.2, 0) is 18.9 Å². The lowest BCUT2D eigenvalue weighted by atomic mass is 9.94. The quantitative estimate of drug-likeness (QED) is 0.158. The molecule has 1 saturated heterocycles. The van der Waals surface area contributed by atoms with E-state index in [4.69, 9.17) is 28.4 Å². The van der Waals surface area contributed by atoms with Crippen molar-refractivity contribution in [2.75, 3.05) is 20.5 Å². The van der Waals surface area contributed by atoms with E-state index in [0.29, 0.717) is 18.4 Å². The third kappa shape index (κ3) is 11.0. The first-order chi connectivity index (χ1) is 21.6. The number of methoxy groups -OCH3 is 1. The number of benzene rings is 2. The van der Waals surface area contributed by atoms with Crippen molar-refractivity contribution in [1.82, 2.24) is 0 Å². The predicted octanol–water partition coefficient (Wildman–Crippen LogP) is 6.25. The lowest BCUT2D eigenvalue weighted by molar-refractivity contribution is -0.156. The zero-order valence-electron chi connectivity index (χ0n) is 26.4. The normalized spacial score (nSPS) is 19.8. The maximum absolute atomic E-state index is 13.1. The molecule has 0 radical (unpaired) electrons. The van der Waals surface area contributed by atoms with Gasteiger partial charge in [0.1, 0.15) is 29.3 Å².